The van der Waals surface area contributed by atoms with Gasteiger partial charge in [0, 0.05) is 23.5 Å². The van der Waals surface area contributed by atoms with Gasteiger partial charge in [-0.05, 0) is 56.7 Å². The molecule has 1 aliphatic rings. The quantitative estimate of drug-likeness (QED) is 0.291. The van der Waals surface area contributed by atoms with Gasteiger partial charge in [-0.15, -0.1) is 0 Å². The summed E-state index contributed by atoms with van der Waals surface area (Å²) in [6.45, 7) is 5.47. The lowest BCUT2D eigenvalue weighted by atomic mass is 10.1. The third-order valence-electron chi connectivity index (χ3n) is 6.36. The Morgan fingerprint density at radius 2 is 1.78 bits per heavy atom. The molecule has 0 fully saturated rings. The number of fused-ring (bicyclic) bond motifs is 2. The van der Waals surface area contributed by atoms with E-state index >= 15 is 0 Å². The van der Waals surface area contributed by atoms with Gasteiger partial charge in [-0.1, -0.05) is 18.2 Å². The maximum absolute atomic E-state index is 12.9. The summed E-state index contributed by atoms with van der Waals surface area (Å²) in [7, 11) is 0. The van der Waals surface area contributed by atoms with Gasteiger partial charge in [0.1, 0.15) is 12.4 Å². The van der Waals surface area contributed by atoms with E-state index in [2.05, 4.69) is 4.98 Å². The van der Waals surface area contributed by atoms with Gasteiger partial charge in [0.25, 0.3) is 5.56 Å². The van der Waals surface area contributed by atoms with E-state index in [0.29, 0.717) is 40.3 Å². The van der Waals surface area contributed by atoms with Gasteiger partial charge in [-0.25, -0.2) is 4.98 Å². The number of benzene rings is 2. The molecule has 0 atom stereocenters. The Morgan fingerprint density at radius 1 is 1.00 bits per heavy atom. The Labute approximate surface area is 206 Å². The van der Waals surface area contributed by atoms with Crippen LogP contribution in [-0.2, 0) is 22.6 Å². The van der Waals surface area contributed by atoms with E-state index in [1.54, 1.807) is 37.3 Å². The highest BCUT2D eigenvalue weighted by Gasteiger charge is 2.20. The summed E-state index contributed by atoms with van der Waals surface area (Å²) in [5.74, 6) is 0.825. The highest BCUT2D eigenvalue weighted by atomic mass is 16.7. The van der Waals surface area contributed by atoms with Crippen LogP contribution in [0.15, 0.2) is 53.3 Å². The van der Waals surface area contributed by atoms with Crippen LogP contribution in [0, 0.1) is 20.8 Å². The molecule has 5 rings (SSSR count). The van der Waals surface area contributed by atoms with Gasteiger partial charge < -0.3 is 18.8 Å². The van der Waals surface area contributed by atoms with Gasteiger partial charge in [0.15, 0.2) is 18.1 Å². The highest BCUT2D eigenvalue weighted by molar-refractivity contribution is 5.99. The zero-order chi connectivity index (χ0) is 25.4. The molecule has 9 nitrogen and oxygen atoms in total. The van der Waals surface area contributed by atoms with Crippen molar-refractivity contribution < 1.29 is 23.8 Å². The number of carbonyl (C=O) groups excluding carboxylic acids is 2. The first kappa shape index (κ1) is 23.3. The summed E-state index contributed by atoms with van der Waals surface area (Å²) in [4.78, 5) is 42.5. The fourth-order valence-corrected chi connectivity index (χ4v) is 4.41. The number of esters is 1. The smallest absolute Gasteiger partial charge is 0.326 e. The maximum atomic E-state index is 12.9. The topological polar surface area (TPSA) is 102 Å². The van der Waals surface area contributed by atoms with Crippen LogP contribution in [0.1, 0.15) is 33.1 Å². The minimum atomic E-state index is -0.681. The number of carbonyl (C=O) groups is 2. The van der Waals surface area contributed by atoms with Crippen LogP contribution >= 0.6 is 0 Å². The first-order valence-corrected chi connectivity index (χ1v) is 11.5. The molecule has 2 aromatic carbocycles. The van der Waals surface area contributed by atoms with E-state index < -0.39 is 12.6 Å². The molecule has 0 spiro atoms. The van der Waals surface area contributed by atoms with Gasteiger partial charge in [0.05, 0.1) is 10.9 Å². The normalized spacial score (nSPS) is 12.2. The molecule has 184 valence electrons. The van der Waals surface area contributed by atoms with Crippen molar-refractivity contribution >= 4 is 22.7 Å². The molecule has 2 aromatic heterocycles. The predicted molar refractivity (Wildman–Crippen MR) is 132 cm³/mol. The fourth-order valence-electron chi connectivity index (χ4n) is 4.41. The minimum absolute atomic E-state index is 0.212. The Kier molecular flexibility index (Phi) is 6.05. The zero-order valence-electron chi connectivity index (χ0n) is 20.2. The molecule has 0 unspecified atom stereocenters. The number of ketones is 1. The lowest BCUT2D eigenvalue weighted by Gasteiger charge is -2.11. The molecular formula is C27H25N3O6. The van der Waals surface area contributed by atoms with Crippen LogP contribution in [0.2, 0.25) is 0 Å². The van der Waals surface area contributed by atoms with Crippen LogP contribution in [0.3, 0.4) is 0 Å². The standard InChI is InChI=1S/C27H25N3O6/c1-16-10-21(17(2)29(16)12-19-8-9-24-25(11-19)36-15-35-24)23(31)14-34-26(32)13-30-18(3)28-22-7-5-4-6-20(22)27(30)33/h4-11H,12-15H2,1-3H3. The summed E-state index contributed by atoms with van der Waals surface area (Å²) in [5, 5.41) is 0.418. The Hall–Kier alpha value is -4.40. The number of hydrogen-bond donors (Lipinski definition) is 0. The van der Waals surface area contributed by atoms with Crippen LogP contribution in [0.25, 0.3) is 10.9 Å². The van der Waals surface area contributed by atoms with E-state index in [1.165, 1.54) is 4.57 Å². The molecule has 0 saturated carbocycles. The summed E-state index contributed by atoms with van der Waals surface area (Å²) >= 11 is 0. The highest BCUT2D eigenvalue weighted by Crippen LogP contribution is 2.33. The molecule has 0 radical (unpaired) electrons. The van der Waals surface area contributed by atoms with Crippen molar-refractivity contribution in [1.29, 1.82) is 0 Å². The maximum Gasteiger partial charge on any atom is 0.326 e. The third-order valence-corrected chi connectivity index (χ3v) is 6.36. The molecule has 0 N–H and O–H groups in total. The first-order chi connectivity index (χ1) is 17.3. The molecule has 3 heterocycles. The molecule has 36 heavy (non-hydrogen) atoms. The van der Waals surface area contributed by atoms with Crippen molar-refractivity contribution in [3.63, 3.8) is 0 Å². The minimum Gasteiger partial charge on any atom is -0.456 e. The monoisotopic (exact) mass is 487 g/mol. The van der Waals surface area contributed by atoms with Gasteiger partial charge in [0.2, 0.25) is 12.6 Å². The lowest BCUT2D eigenvalue weighted by molar-refractivity contribution is -0.143. The molecular weight excluding hydrogens is 462 g/mol. The number of aryl methyl sites for hydroxylation is 2. The number of aromatic nitrogens is 3. The van der Waals surface area contributed by atoms with Crippen molar-refractivity contribution in [3.8, 4) is 11.5 Å². The number of rotatable bonds is 7. The summed E-state index contributed by atoms with van der Waals surface area (Å²) < 4.78 is 19.3. The second-order valence-corrected chi connectivity index (χ2v) is 8.71. The average molecular weight is 488 g/mol. The summed E-state index contributed by atoms with van der Waals surface area (Å²) in [6.07, 6.45) is 0. The lowest BCUT2D eigenvalue weighted by Crippen LogP contribution is -2.29. The average Bonchev–Trinajstić information content (AvgIpc) is 3.44. The number of para-hydroxylation sites is 1. The van der Waals surface area contributed by atoms with Crippen LogP contribution < -0.4 is 15.0 Å². The van der Waals surface area contributed by atoms with Gasteiger partial charge in [-0.2, -0.15) is 0 Å². The van der Waals surface area contributed by atoms with E-state index in [-0.39, 0.29) is 24.7 Å². The third kappa shape index (κ3) is 4.35. The van der Waals surface area contributed by atoms with E-state index in [4.69, 9.17) is 14.2 Å². The van der Waals surface area contributed by atoms with E-state index in [0.717, 1.165) is 17.0 Å². The van der Waals surface area contributed by atoms with Gasteiger partial charge >= 0.3 is 5.97 Å². The molecule has 4 aromatic rings. The number of Topliss-reactive ketones (excluding diaryl/α,β-unsaturated/α-hetero) is 1. The van der Waals surface area contributed by atoms with Crippen molar-refractivity contribution in [3.05, 3.63) is 87.2 Å². The van der Waals surface area contributed by atoms with E-state index in [1.807, 2.05) is 36.6 Å². The van der Waals surface area contributed by atoms with Crippen molar-refractivity contribution in [2.75, 3.05) is 13.4 Å². The van der Waals surface area contributed by atoms with Gasteiger partial charge in [-0.3, -0.25) is 19.0 Å². The van der Waals surface area contributed by atoms with Crippen molar-refractivity contribution in [2.24, 2.45) is 0 Å². The second kappa shape index (κ2) is 9.33. The first-order valence-electron chi connectivity index (χ1n) is 11.5. The van der Waals surface area contributed by atoms with Crippen LogP contribution in [-0.4, -0.2) is 39.3 Å². The molecule has 0 aliphatic carbocycles. The Morgan fingerprint density at radius 3 is 2.61 bits per heavy atom. The Bertz CT molecular complexity index is 1570. The van der Waals surface area contributed by atoms with Crippen molar-refractivity contribution in [1.82, 2.24) is 14.1 Å². The number of nitrogens with zero attached hydrogens (tertiary/aromatic N) is 3. The summed E-state index contributed by atoms with van der Waals surface area (Å²) in [6, 6.07) is 14.5. The molecule has 0 bridgehead atoms. The summed E-state index contributed by atoms with van der Waals surface area (Å²) in [5.41, 5.74) is 3.42. The van der Waals surface area contributed by atoms with Crippen LogP contribution in [0.4, 0.5) is 0 Å². The molecule has 0 amide bonds. The second-order valence-electron chi connectivity index (χ2n) is 8.71. The molecule has 1 aliphatic heterocycles. The number of ether oxygens (including phenoxy) is 3. The largest absolute Gasteiger partial charge is 0.456 e. The zero-order valence-corrected chi connectivity index (χ0v) is 20.2. The van der Waals surface area contributed by atoms with Crippen LogP contribution in [0.5, 0.6) is 11.5 Å². The van der Waals surface area contributed by atoms with Crippen molar-refractivity contribution in [2.45, 2.75) is 33.9 Å². The Balaban J connectivity index is 1.26. The van der Waals surface area contributed by atoms with E-state index in [9.17, 15) is 14.4 Å². The molecule has 9 heteroatoms. The SMILES string of the molecule is Cc1cc(C(=O)COC(=O)Cn2c(C)nc3ccccc3c2=O)c(C)n1Cc1ccc2c(c1)OCO2. The predicted octanol–water partition coefficient (Wildman–Crippen LogP) is 3.33. The fraction of sp³-hybridized carbons (Fsp3) is 0.259. The number of hydrogen-bond acceptors (Lipinski definition) is 7. The molecule has 0 saturated heterocycles.